The first kappa shape index (κ1) is 13.2. The molecule has 2 aromatic rings. The largest absolute Gasteiger partial charge is 0.497 e. The van der Waals surface area contributed by atoms with Gasteiger partial charge in [-0.3, -0.25) is 0 Å². The highest BCUT2D eigenvalue weighted by Crippen LogP contribution is 2.33. The van der Waals surface area contributed by atoms with Crippen molar-refractivity contribution in [1.29, 1.82) is 5.26 Å². The minimum Gasteiger partial charge on any atom is -0.497 e. The van der Waals surface area contributed by atoms with Gasteiger partial charge in [-0.2, -0.15) is 5.26 Å². The predicted octanol–water partition coefficient (Wildman–Crippen LogP) is 3.70. The number of ether oxygens (including phenoxy) is 2. The Bertz CT molecular complexity index is 650. The lowest BCUT2D eigenvalue weighted by Crippen LogP contribution is -1.92. The number of hydrogen-bond donors (Lipinski definition) is 1. The molecule has 4 nitrogen and oxygen atoms in total. The molecule has 19 heavy (non-hydrogen) atoms. The Morgan fingerprint density at radius 1 is 1.16 bits per heavy atom. The molecule has 0 aromatic heterocycles. The average molecular weight is 319 g/mol. The van der Waals surface area contributed by atoms with E-state index in [9.17, 15) is 0 Å². The molecular weight excluding hydrogens is 308 g/mol. The van der Waals surface area contributed by atoms with Crippen LogP contribution in [0, 0.1) is 11.3 Å². The standard InChI is InChI=1S/C14H11BrN2O2/c1-18-10-4-5-14(12(15)6-10)19-11-3-2-9(8-16)13(17)7-11/h2-7H,17H2,1H3. The Morgan fingerprint density at radius 3 is 2.47 bits per heavy atom. The molecule has 0 saturated carbocycles. The topological polar surface area (TPSA) is 68.3 Å². The third-order valence-corrected chi connectivity index (χ3v) is 3.13. The van der Waals surface area contributed by atoms with Crippen molar-refractivity contribution < 1.29 is 9.47 Å². The van der Waals surface area contributed by atoms with E-state index in [4.69, 9.17) is 20.5 Å². The van der Waals surface area contributed by atoms with Gasteiger partial charge >= 0.3 is 0 Å². The van der Waals surface area contributed by atoms with E-state index < -0.39 is 0 Å². The van der Waals surface area contributed by atoms with Crippen molar-refractivity contribution in [3.63, 3.8) is 0 Å². The van der Waals surface area contributed by atoms with Crippen LogP contribution in [0.5, 0.6) is 17.2 Å². The van der Waals surface area contributed by atoms with Crippen molar-refractivity contribution in [3.8, 4) is 23.3 Å². The van der Waals surface area contributed by atoms with E-state index in [0.717, 1.165) is 10.2 Å². The maximum Gasteiger partial charge on any atom is 0.141 e. The summed E-state index contributed by atoms with van der Waals surface area (Å²) in [4.78, 5) is 0. The lowest BCUT2D eigenvalue weighted by molar-refractivity contribution is 0.412. The summed E-state index contributed by atoms with van der Waals surface area (Å²) in [5, 5.41) is 8.81. The molecular formula is C14H11BrN2O2. The van der Waals surface area contributed by atoms with Gasteiger partial charge in [0.15, 0.2) is 0 Å². The van der Waals surface area contributed by atoms with Crippen molar-refractivity contribution in [2.45, 2.75) is 0 Å². The molecule has 0 aliphatic carbocycles. The van der Waals surface area contributed by atoms with Crippen LogP contribution in [-0.4, -0.2) is 7.11 Å². The molecule has 0 amide bonds. The van der Waals surface area contributed by atoms with Crippen LogP contribution in [0.15, 0.2) is 40.9 Å². The molecule has 0 atom stereocenters. The molecule has 2 N–H and O–H groups in total. The molecule has 0 fully saturated rings. The van der Waals surface area contributed by atoms with Crippen molar-refractivity contribution in [2.75, 3.05) is 12.8 Å². The Labute approximate surface area is 119 Å². The van der Waals surface area contributed by atoms with E-state index in [0.29, 0.717) is 22.7 Å². The van der Waals surface area contributed by atoms with Crippen molar-refractivity contribution >= 4 is 21.6 Å². The second-order valence-corrected chi connectivity index (χ2v) is 4.61. The van der Waals surface area contributed by atoms with Gasteiger partial charge in [-0.15, -0.1) is 0 Å². The maximum absolute atomic E-state index is 8.81. The summed E-state index contributed by atoms with van der Waals surface area (Å²) in [5.41, 5.74) is 6.56. The van der Waals surface area contributed by atoms with E-state index >= 15 is 0 Å². The zero-order valence-corrected chi connectivity index (χ0v) is 11.8. The normalized spacial score (nSPS) is 9.74. The van der Waals surface area contributed by atoms with Gasteiger partial charge in [-0.25, -0.2) is 0 Å². The quantitative estimate of drug-likeness (QED) is 0.876. The molecule has 2 rings (SSSR count). The Morgan fingerprint density at radius 2 is 1.89 bits per heavy atom. The first-order valence-electron chi connectivity index (χ1n) is 5.45. The molecule has 2 aromatic carbocycles. The summed E-state index contributed by atoms with van der Waals surface area (Å²) in [6.45, 7) is 0. The fourth-order valence-electron chi connectivity index (χ4n) is 1.52. The fraction of sp³-hybridized carbons (Fsp3) is 0.0714. The monoisotopic (exact) mass is 318 g/mol. The first-order valence-corrected chi connectivity index (χ1v) is 6.24. The van der Waals surface area contributed by atoms with Gasteiger partial charge in [-0.1, -0.05) is 0 Å². The van der Waals surface area contributed by atoms with Gasteiger partial charge < -0.3 is 15.2 Å². The molecule has 0 unspecified atom stereocenters. The molecule has 0 saturated heterocycles. The molecule has 0 heterocycles. The smallest absolute Gasteiger partial charge is 0.141 e. The minimum absolute atomic E-state index is 0.393. The minimum atomic E-state index is 0.393. The fourth-order valence-corrected chi connectivity index (χ4v) is 1.96. The summed E-state index contributed by atoms with van der Waals surface area (Å²) in [6.07, 6.45) is 0. The average Bonchev–Trinajstić information content (AvgIpc) is 2.41. The number of nitriles is 1. The lowest BCUT2D eigenvalue weighted by Gasteiger charge is -2.10. The molecule has 5 heteroatoms. The van der Waals surface area contributed by atoms with Crippen LogP contribution in [0.25, 0.3) is 0 Å². The molecule has 0 aliphatic rings. The summed E-state index contributed by atoms with van der Waals surface area (Å²) in [7, 11) is 1.60. The highest BCUT2D eigenvalue weighted by atomic mass is 79.9. The number of rotatable bonds is 3. The van der Waals surface area contributed by atoms with E-state index in [1.165, 1.54) is 0 Å². The van der Waals surface area contributed by atoms with Crippen LogP contribution >= 0.6 is 15.9 Å². The third kappa shape index (κ3) is 2.98. The maximum atomic E-state index is 8.81. The van der Waals surface area contributed by atoms with Crippen LogP contribution in [0.3, 0.4) is 0 Å². The van der Waals surface area contributed by atoms with Crippen LogP contribution in [0.4, 0.5) is 5.69 Å². The SMILES string of the molecule is COc1ccc(Oc2ccc(C#N)c(N)c2)c(Br)c1. The van der Waals surface area contributed by atoms with Gasteiger partial charge in [0.2, 0.25) is 0 Å². The highest BCUT2D eigenvalue weighted by molar-refractivity contribution is 9.10. The second kappa shape index (κ2) is 5.63. The van der Waals surface area contributed by atoms with Gasteiger partial charge in [0.25, 0.3) is 0 Å². The number of halogens is 1. The number of nitrogens with two attached hydrogens (primary N) is 1. The van der Waals surface area contributed by atoms with Crippen molar-refractivity contribution in [1.82, 2.24) is 0 Å². The molecule has 0 radical (unpaired) electrons. The predicted molar refractivity (Wildman–Crippen MR) is 76.3 cm³/mol. The Kier molecular flexibility index (Phi) is 3.93. The molecule has 96 valence electrons. The Hall–Kier alpha value is -2.19. The van der Waals surface area contributed by atoms with Gasteiger partial charge in [0.05, 0.1) is 22.8 Å². The molecule has 0 aliphatic heterocycles. The summed E-state index contributed by atoms with van der Waals surface area (Å²) >= 11 is 3.40. The first-order chi connectivity index (χ1) is 9.13. The number of anilines is 1. The Balaban J connectivity index is 2.26. The van der Waals surface area contributed by atoms with Crippen molar-refractivity contribution in [3.05, 3.63) is 46.4 Å². The van der Waals surface area contributed by atoms with Gasteiger partial charge in [-0.05, 0) is 46.3 Å². The zero-order chi connectivity index (χ0) is 13.8. The van der Waals surface area contributed by atoms with E-state index in [2.05, 4.69) is 15.9 Å². The third-order valence-electron chi connectivity index (χ3n) is 2.51. The number of benzene rings is 2. The van der Waals surface area contributed by atoms with Gasteiger partial charge in [0, 0.05) is 6.07 Å². The van der Waals surface area contributed by atoms with E-state index in [1.54, 1.807) is 37.4 Å². The second-order valence-electron chi connectivity index (χ2n) is 3.76. The number of hydrogen-bond acceptors (Lipinski definition) is 4. The summed E-state index contributed by atoms with van der Waals surface area (Å²) < 4.78 is 11.6. The zero-order valence-electron chi connectivity index (χ0n) is 10.2. The lowest BCUT2D eigenvalue weighted by atomic mass is 10.2. The molecule has 0 spiro atoms. The van der Waals surface area contributed by atoms with E-state index in [1.807, 2.05) is 12.1 Å². The number of methoxy groups -OCH3 is 1. The van der Waals surface area contributed by atoms with Crippen LogP contribution in [0.1, 0.15) is 5.56 Å². The van der Waals surface area contributed by atoms with Gasteiger partial charge in [0.1, 0.15) is 23.3 Å². The number of nitrogens with zero attached hydrogens (tertiary/aromatic N) is 1. The van der Waals surface area contributed by atoms with Crippen LogP contribution in [0.2, 0.25) is 0 Å². The van der Waals surface area contributed by atoms with Crippen LogP contribution in [-0.2, 0) is 0 Å². The highest BCUT2D eigenvalue weighted by Gasteiger charge is 2.06. The van der Waals surface area contributed by atoms with Crippen LogP contribution < -0.4 is 15.2 Å². The molecule has 0 bridgehead atoms. The van der Waals surface area contributed by atoms with Crippen molar-refractivity contribution in [2.24, 2.45) is 0 Å². The summed E-state index contributed by atoms with van der Waals surface area (Å²) in [5.74, 6) is 1.95. The van der Waals surface area contributed by atoms with E-state index in [-0.39, 0.29) is 0 Å². The number of nitrogen functional groups attached to an aromatic ring is 1. The summed E-state index contributed by atoms with van der Waals surface area (Å²) in [6, 6.07) is 12.3.